The average molecular weight is 364 g/mol. The Bertz CT molecular complexity index is 997. The zero-order valence-corrected chi connectivity index (χ0v) is 14.2. The fourth-order valence-electron chi connectivity index (χ4n) is 2.48. The van der Waals surface area contributed by atoms with Crippen LogP contribution in [0.25, 0.3) is 4.91 Å². The van der Waals surface area contributed by atoms with Gasteiger partial charge in [-0.3, -0.25) is 0 Å². The molecule has 1 aliphatic heterocycles. The van der Waals surface area contributed by atoms with E-state index in [4.69, 9.17) is 4.74 Å². The quantitative estimate of drug-likeness (QED) is 0.904. The number of benzene rings is 2. The number of nitrogens with zero attached hydrogens (tertiary/aromatic N) is 1. The van der Waals surface area contributed by atoms with Crippen molar-refractivity contribution < 1.29 is 21.9 Å². The lowest BCUT2D eigenvalue weighted by molar-refractivity contribution is 0.415. The molecule has 8 heteroatoms. The van der Waals surface area contributed by atoms with E-state index in [0.717, 1.165) is 18.2 Å². The molecule has 0 saturated carbocycles. The summed E-state index contributed by atoms with van der Waals surface area (Å²) in [6, 6.07) is 9.30. The van der Waals surface area contributed by atoms with Crippen LogP contribution < -0.4 is 10.1 Å². The van der Waals surface area contributed by atoms with Crippen molar-refractivity contribution in [3.8, 4) is 5.75 Å². The van der Waals surface area contributed by atoms with Gasteiger partial charge in [0.05, 0.1) is 12.8 Å². The van der Waals surface area contributed by atoms with E-state index in [2.05, 4.69) is 9.71 Å². The van der Waals surface area contributed by atoms with Gasteiger partial charge in [-0.2, -0.15) is 8.42 Å². The third-order valence-electron chi connectivity index (χ3n) is 3.70. The van der Waals surface area contributed by atoms with Crippen LogP contribution in [-0.4, -0.2) is 21.4 Å². The highest BCUT2D eigenvalue weighted by atomic mass is 32.2. The normalized spacial score (nSPS) is 15.9. The molecule has 0 atom stereocenters. The number of rotatable bonds is 3. The van der Waals surface area contributed by atoms with Gasteiger partial charge in [0.15, 0.2) is 0 Å². The average Bonchev–Trinajstić information content (AvgIpc) is 2.80. The van der Waals surface area contributed by atoms with Crippen LogP contribution in [0.1, 0.15) is 12.5 Å². The number of anilines is 1. The number of methoxy groups -OCH3 is 1. The molecule has 2 aromatic rings. The van der Waals surface area contributed by atoms with E-state index in [0.29, 0.717) is 16.9 Å². The Balaban J connectivity index is 2.01. The maximum atomic E-state index is 13.8. The Morgan fingerprint density at radius 2 is 1.76 bits per heavy atom. The standard InChI is InChI=1S/C17H14F2N2O3S/c1-10-16(11-3-6-13(24-2)7-4-11)25(22,23)21-17(10)20-15-9-12(18)5-8-14(15)19/h3-9H,1-2H3,(H,20,21). The minimum atomic E-state index is -3.95. The van der Waals surface area contributed by atoms with Gasteiger partial charge in [-0.25, -0.2) is 8.78 Å². The van der Waals surface area contributed by atoms with E-state index >= 15 is 0 Å². The van der Waals surface area contributed by atoms with E-state index in [-0.39, 0.29) is 16.4 Å². The van der Waals surface area contributed by atoms with Gasteiger partial charge in [-0.05, 0) is 48.9 Å². The van der Waals surface area contributed by atoms with E-state index in [1.807, 2.05) is 0 Å². The smallest absolute Gasteiger partial charge is 0.285 e. The molecule has 0 unspecified atom stereocenters. The molecule has 1 aliphatic rings. The van der Waals surface area contributed by atoms with Crippen LogP contribution in [0.4, 0.5) is 14.5 Å². The zero-order chi connectivity index (χ0) is 18.2. The number of ether oxygens (including phenoxy) is 1. The molecule has 0 saturated heterocycles. The van der Waals surface area contributed by atoms with Gasteiger partial charge < -0.3 is 10.1 Å². The Hall–Kier alpha value is -2.74. The Kier molecular flexibility index (Phi) is 4.30. The van der Waals surface area contributed by atoms with Gasteiger partial charge in [0, 0.05) is 11.6 Å². The summed E-state index contributed by atoms with van der Waals surface area (Å²) >= 11 is 0. The lowest BCUT2D eigenvalue weighted by Gasteiger charge is -2.08. The molecular formula is C17H14F2N2O3S. The fraction of sp³-hybridized carbons (Fsp3) is 0.118. The van der Waals surface area contributed by atoms with Gasteiger partial charge >= 0.3 is 0 Å². The molecule has 25 heavy (non-hydrogen) atoms. The monoisotopic (exact) mass is 364 g/mol. The van der Waals surface area contributed by atoms with Crippen LogP contribution >= 0.6 is 0 Å². The summed E-state index contributed by atoms with van der Waals surface area (Å²) in [7, 11) is -2.45. The van der Waals surface area contributed by atoms with Crippen molar-refractivity contribution in [3.05, 3.63) is 65.2 Å². The second-order valence-corrected chi connectivity index (χ2v) is 6.89. The summed E-state index contributed by atoms with van der Waals surface area (Å²) in [4.78, 5) is 0.00876. The molecule has 1 N–H and O–H groups in total. The van der Waals surface area contributed by atoms with Crippen LogP contribution in [-0.2, 0) is 10.0 Å². The van der Waals surface area contributed by atoms with Gasteiger partial charge in [-0.1, -0.05) is 0 Å². The van der Waals surface area contributed by atoms with Crippen LogP contribution in [0.15, 0.2) is 52.4 Å². The maximum absolute atomic E-state index is 13.8. The van der Waals surface area contributed by atoms with E-state index in [9.17, 15) is 17.2 Å². The van der Waals surface area contributed by atoms with Crippen LogP contribution in [0, 0.1) is 11.6 Å². The van der Waals surface area contributed by atoms with E-state index in [1.165, 1.54) is 7.11 Å². The molecule has 0 aliphatic carbocycles. The number of hydrogen-bond donors (Lipinski definition) is 1. The molecular weight excluding hydrogens is 350 g/mol. The molecule has 0 spiro atoms. The molecule has 0 bridgehead atoms. The number of halogens is 2. The first-order chi connectivity index (χ1) is 11.8. The largest absolute Gasteiger partial charge is 0.497 e. The lowest BCUT2D eigenvalue weighted by Crippen LogP contribution is -2.12. The summed E-state index contributed by atoms with van der Waals surface area (Å²) in [6.45, 7) is 1.55. The minimum absolute atomic E-state index is 0.00876. The third-order valence-corrected chi connectivity index (χ3v) is 5.18. The Morgan fingerprint density at radius 1 is 1.08 bits per heavy atom. The van der Waals surface area contributed by atoms with Crippen LogP contribution in [0.3, 0.4) is 0 Å². The predicted molar refractivity (Wildman–Crippen MR) is 91.9 cm³/mol. The molecule has 5 nitrogen and oxygen atoms in total. The van der Waals surface area contributed by atoms with Crippen molar-refractivity contribution in [1.82, 2.24) is 0 Å². The van der Waals surface area contributed by atoms with E-state index in [1.54, 1.807) is 31.2 Å². The number of sulfonamides is 1. The van der Waals surface area contributed by atoms with Gasteiger partial charge in [0.2, 0.25) is 0 Å². The highest BCUT2D eigenvalue weighted by molar-refractivity contribution is 8.00. The van der Waals surface area contributed by atoms with E-state index < -0.39 is 21.7 Å². The van der Waals surface area contributed by atoms with Crippen molar-refractivity contribution in [3.63, 3.8) is 0 Å². The molecule has 2 aromatic carbocycles. The molecule has 3 rings (SSSR count). The number of hydrogen-bond acceptors (Lipinski definition) is 4. The van der Waals surface area contributed by atoms with Crippen LogP contribution in [0.5, 0.6) is 5.75 Å². The van der Waals surface area contributed by atoms with Gasteiger partial charge in [-0.15, -0.1) is 4.40 Å². The number of amidine groups is 1. The topological polar surface area (TPSA) is 67.8 Å². The summed E-state index contributed by atoms with van der Waals surface area (Å²) in [5.74, 6) is -0.830. The van der Waals surface area contributed by atoms with Crippen molar-refractivity contribution in [2.24, 2.45) is 4.40 Å². The number of nitrogens with one attached hydrogen (secondary N) is 1. The van der Waals surface area contributed by atoms with Gasteiger partial charge in [0.1, 0.15) is 28.1 Å². The summed E-state index contributed by atoms with van der Waals surface area (Å²) in [5.41, 5.74) is 0.552. The molecule has 0 fully saturated rings. The van der Waals surface area contributed by atoms with Gasteiger partial charge in [0.25, 0.3) is 10.0 Å². The third kappa shape index (κ3) is 3.25. The second kappa shape index (κ2) is 6.29. The van der Waals surface area contributed by atoms with Crippen molar-refractivity contribution in [2.75, 3.05) is 12.4 Å². The molecule has 0 amide bonds. The first kappa shape index (κ1) is 17.1. The van der Waals surface area contributed by atoms with Crippen molar-refractivity contribution in [1.29, 1.82) is 0 Å². The van der Waals surface area contributed by atoms with Crippen molar-refractivity contribution >= 4 is 26.5 Å². The van der Waals surface area contributed by atoms with Crippen LogP contribution in [0.2, 0.25) is 0 Å². The second-order valence-electron chi connectivity index (χ2n) is 5.35. The minimum Gasteiger partial charge on any atom is -0.497 e. The molecule has 130 valence electrons. The Labute approximate surface area is 143 Å². The van der Waals surface area contributed by atoms with Crippen molar-refractivity contribution in [2.45, 2.75) is 6.92 Å². The lowest BCUT2D eigenvalue weighted by atomic mass is 10.1. The fourth-order valence-corrected chi connectivity index (χ4v) is 3.91. The summed E-state index contributed by atoms with van der Waals surface area (Å²) in [5, 5.41) is 2.55. The molecule has 0 radical (unpaired) electrons. The Morgan fingerprint density at radius 3 is 2.40 bits per heavy atom. The maximum Gasteiger partial charge on any atom is 0.285 e. The summed E-state index contributed by atoms with van der Waals surface area (Å²) < 4.78 is 60.6. The highest BCUT2D eigenvalue weighted by Gasteiger charge is 2.31. The SMILES string of the molecule is COc1ccc(C2=C(C)C(Nc3cc(F)ccc3F)=NS2(=O)=O)cc1. The predicted octanol–water partition coefficient (Wildman–Crippen LogP) is 3.56. The molecule has 0 aromatic heterocycles. The first-order valence-electron chi connectivity index (χ1n) is 7.24. The zero-order valence-electron chi connectivity index (χ0n) is 13.4. The first-order valence-corrected chi connectivity index (χ1v) is 8.68. The highest BCUT2D eigenvalue weighted by Crippen LogP contribution is 2.34. The summed E-state index contributed by atoms with van der Waals surface area (Å²) in [6.07, 6.45) is 0. The molecule has 1 heterocycles.